The molecule has 1 unspecified atom stereocenters. The Hall–Kier alpha value is -2.04. The first-order valence-corrected chi connectivity index (χ1v) is 11.9. The molecule has 0 bridgehead atoms. The highest BCUT2D eigenvalue weighted by atomic mass is 32.2. The lowest BCUT2D eigenvalue weighted by Gasteiger charge is -2.22. The average molecular weight is 443 g/mol. The van der Waals surface area contributed by atoms with E-state index in [0.29, 0.717) is 43.7 Å². The van der Waals surface area contributed by atoms with Gasteiger partial charge in [0, 0.05) is 37.9 Å². The first kappa shape index (κ1) is 24.2. The van der Waals surface area contributed by atoms with E-state index < -0.39 is 10.0 Å². The van der Waals surface area contributed by atoms with E-state index in [2.05, 4.69) is 20.3 Å². The molecular weight excluding hydrogens is 408 g/mol. The van der Waals surface area contributed by atoms with E-state index in [1.807, 2.05) is 19.1 Å². The zero-order valence-electron chi connectivity index (χ0n) is 18.1. The molecule has 1 saturated heterocycles. The summed E-state index contributed by atoms with van der Waals surface area (Å²) < 4.78 is 43.3. The normalized spacial score (nSPS) is 17.4. The number of nitrogens with one attached hydrogen (secondary N) is 3. The van der Waals surface area contributed by atoms with Crippen molar-refractivity contribution in [3.05, 3.63) is 23.8 Å². The third-order valence-corrected chi connectivity index (χ3v) is 6.06. The third kappa shape index (κ3) is 8.37. The molecule has 0 saturated carbocycles. The number of nitrogens with zero attached hydrogens (tertiary/aromatic N) is 1. The summed E-state index contributed by atoms with van der Waals surface area (Å²) in [5, 5.41) is 6.19. The molecule has 1 aromatic carbocycles. The van der Waals surface area contributed by atoms with Crippen LogP contribution in [0.4, 0.5) is 0 Å². The molecule has 0 radical (unpaired) electrons. The molecule has 10 heteroatoms. The number of hydrogen-bond donors (Lipinski definition) is 3. The lowest BCUT2D eigenvalue weighted by molar-refractivity contribution is 0.0200. The fraction of sp³-hybridized carbons (Fsp3) is 0.650. The van der Waals surface area contributed by atoms with Crippen molar-refractivity contribution in [1.29, 1.82) is 0 Å². The number of sulfonamides is 1. The molecule has 1 heterocycles. The minimum Gasteiger partial charge on any atom is -0.497 e. The van der Waals surface area contributed by atoms with Crippen molar-refractivity contribution in [1.82, 2.24) is 15.4 Å². The van der Waals surface area contributed by atoms with Crippen molar-refractivity contribution in [2.24, 2.45) is 4.99 Å². The highest BCUT2D eigenvalue weighted by Crippen LogP contribution is 2.25. The van der Waals surface area contributed by atoms with Gasteiger partial charge < -0.3 is 24.8 Å². The maximum absolute atomic E-state index is 12.2. The van der Waals surface area contributed by atoms with E-state index in [4.69, 9.17) is 14.2 Å². The maximum atomic E-state index is 12.2. The van der Waals surface area contributed by atoms with Crippen LogP contribution in [0.3, 0.4) is 0 Å². The summed E-state index contributed by atoms with van der Waals surface area (Å²) in [5.41, 5.74) is 0.900. The summed E-state index contributed by atoms with van der Waals surface area (Å²) >= 11 is 0. The van der Waals surface area contributed by atoms with E-state index in [1.165, 1.54) is 0 Å². The van der Waals surface area contributed by atoms with Crippen LogP contribution >= 0.6 is 0 Å². The van der Waals surface area contributed by atoms with Gasteiger partial charge in [0.1, 0.15) is 11.5 Å². The summed E-state index contributed by atoms with van der Waals surface area (Å²) in [6.07, 6.45) is 2.99. The van der Waals surface area contributed by atoms with Gasteiger partial charge in [-0.25, -0.2) is 18.1 Å². The van der Waals surface area contributed by atoms with Crippen LogP contribution in [0.1, 0.15) is 31.7 Å². The number of aliphatic imine (C=N–C) groups is 1. The molecule has 1 aromatic rings. The first-order valence-electron chi connectivity index (χ1n) is 10.3. The number of rotatable bonds is 11. The van der Waals surface area contributed by atoms with Crippen molar-refractivity contribution in [3.63, 3.8) is 0 Å². The van der Waals surface area contributed by atoms with Gasteiger partial charge in [-0.05, 0) is 38.3 Å². The quantitative estimate of drug-likeness (QED) is 0.349. The summed E-state index contributed by atoms with van der Waals surface area (Å²) in [4.78, 5) is 4.53. The van der Waals surface area contributed by atoms with Gasteiger partial charge in [0.15, 0.2) is 5.96 Å². The summed E-state index contributed by atoms with van der Waals surface area (Å²) in [6, 6.07) is 5.55. The molecule has 9 nitrogen and oxygen atoms in total. The fourth-order valence-corrected chi connectivity index (χ4v) is 4.01. The Balaban J connectivity index is 1.85. The van der Waals surface area contributed by atoms with Crippen LogP contribution in [0.15, 0.2) is 23.2 Å². The highest BCUT2D eigenvalue weighted by molar-refractivity contribution is 7.89. The van der Waals surface area contributed by atoms with Gasteiger partial charge in [-0.15, -0.1) is 0 Å². The Labute approximate surface area is 179 Å². The molecule has 2 rings (SSSR count). The highest BCUT2D eigenvalue weighted by Gasteiger charge is 2.17. The molecule has 0 spiro atoms. The van der Waals surface area contributed by atoms with E-state index in [-0.39, 0.29) is 18.4 Å². The average Bonchev–Trinajstić information content (AvgIpc) is 2.76. The van der Waals surface area contributed by atoms with Gasteiger partial charge in [0.2, 0.25) is 10.0 Å². The standard InChI is InChI=1S/C20H34N4O5S/c1-4-21-20(23-14-16-8-9-17(27-2)13-19(16)28-3)22-10-12-30(25,26)24-15-18-7-5-6-11-29-18/h8-9,13,18,24H,4-7,10-12,14-15H2,1-3H3,(H2,21,22,23). The molecule has 1 aliphatic heterocycles. The van der Waals surface area contributed by atoms with Crippen molar-refractivity contribution < 1.29 is 22.6 Å². The van der Waals surface area contributed by atoms with Crippen LogP contribution in [-0.2, 0) is 21.3 Å². The zero-order chi connectivity index (χ0) is 21.8. The number of guanidine groups is 1. The molecule has 1 aliphatic rings. The topological polar surface area (TPSA) is 110 Å². The minimum atomic E-state index is -3.39. The molecule has 30 heavy (non-hydrogen) atoms. The fourth-order valence-electron chi connectivity index (χ4n) is 3.05. The Kier molecular flexibility index (Phi) is 10.2. The van der Waals surface area contributed by atoms with Gasteiger partial charge in [-0.2, -0.15) is 0 Å². The SMILES string of the molecule is CCNC(=NCc1ccc(OC)cc1OC)NCCS(=O)(=O)NCC1CCCCO1. The second kappa shape index (κ2) is 12.6. The minimum absolute atomic E-state index is 0.0279. The van der Waals surface area contributed by atoms with Crippen LogP contribution in [0.25, 0.3) is 0 Å². The van der Waals surface area contributed by atoms with E-state index in [0.717, 1.165) is 24.8 Å². The van der Waals surface area contributed by atoms with Crippen molar-refractivity contribution >= 4 is 16.0 Å². The number of ether oxygens (including phenoxy) is 3. The monoisotopic (exact) mass is 442 g/mol. The Bertz CT molecular complexity index is 779. The van der Waals surface area contributed by atoms with E-state index in [1.54, 1.807) is 20.3 Å². The van der Waals surface area contributed by atoms with Gasteiger partial charge in [0.05, 0.1) is 32.6 Å². The van der Waals surface area contributed by atoms with Gasteiger partial charge >= 0.3 is 0 Å². The maximum Gasteiger partial charge on any atom is 0.213 e. The Morgan fingerprint density at radius 1 is 1.23 bits per heavy atom. The predicted molar refractivity (Wildman–Crippen MR) is 118 cm³/mol. The second-order valence-corrected chi connectivity index (χ2v) is 8.88. The Morgan fingerprint density at radius 3 is 2.73 bits per heavy atom. The van der Waals surface area contributed by atoms with Crippen LogP contribution in [-0.4, -0.2) is 66.7 Å². The molecule has 0 amide bonds. The zero-order valence-corrected chi connectivity index (χ0v) is 18.9. The van der Waals surface area contributed by atoms with E-state index in [9.17, 15) is 8.42 Å². The number of hydrogen-bond acceptors (Lipinski definition) is 6. The van der Waals surface area contributed by atoms with Gasteiger partial charge in [-0.1, -0.05) is 0 Å². The summed E-state index contributed by atoms with van der Waals surface area (Å²) in [6.45, 7) is 4.27. The molecular formula is C20H34N4O5S. The molecule has 0 aromatic heterocycles. The lowest BCUT2D eigenvalue weighted by Crippen LogP contribution is -2.42. The second-order valence-electron chi connectivity index (χ2n) is 6.96. The predicted octanol–water partition coefficient (Wildman–Crippen LogP) is 1.25. The molecule has 170 valence electrons. The van der Waals surface area contributed by atoms with Gasteiger partial charge in [-0.3, -0.25) is 0 Å². The molecule has 3 N–H and O–H groups in total. The van der Waals surface area contributed by atoms with Gasteiger partial charge in [0.25, 0.3) is 0 Å². The van der Waals surface area contributed by atoms with Crippen molar-refractivity contribution in [2.75, 3.05) is 46.2 Å². The molecule has 0 aliphatic carbocycles. The Morgan fingerprint density at radius 2 is 2.07 bits per heavy atom. The number of benzene rings is 1. The van der Waals surface area contributed by atoms with Crippen LogP contribution < -0.4 is 24.8 Å². The van der Waals surface area contributed by atoms with Crippen molar-refractivity contribution in [3.8, 4) is 11.5 Å². The number of methoxy groups -OCH3 is 2. The van der Waals surface area contributed by atoms with Crippen LogP contribution in [0.5, 0.6) is 11.5 Å². The molecule has 1 atom stereocenters. The largest absolute Gasteiger partial charge is 0.497 e. The molecule has 1 fully saturated rings. The van der Waals surface area contributed by atoms with Crippen LogP contribution in [0, 0.1) is 0 Å². The summed E-state index contributed by atoms with van der Waals surface area (Å²) in [7, 11) is -0.185. The lowest BCUT2D eigenvalue weighted by atomic mass is 10.1. The van der Waals surface area contributed by atoms with E-state index >= 15 is 0 Å². The van der Waals surface area contributed by atoms with Crippen molar-refractivity contribution in [2.45, 2.75) is 38.8 Å². The first-order chi connectivity index (χ1) is 14.5. The third-order valence-electron chi connectivity index (χ3n) is 4.71. The smallest absolute Gasteiger partial charge is 0.213 e. The van der Waals surface area contributed by atoms with Crippen LogP contribution in [0.2, 0.25) is 0 Å². The summed E-state index contributed by atoms with van der Waals surface area (Å²) in [5.74, 6) is 1.89.